The average molecular weight is 307 g/mol. The lowest BCUT2D eigenvalue weighted by Crippen LogP contribution is -2.23. The molecule has 2 N–H and O–H groups in total. The van der Waals surface area contributed by atoms with Crippen LogP contribution in [0.25, 0.3) is 0 Å². The van der Waals surface area contributed by atoms with Gasteiger partial charge < -0.3 is 10.4 Å². The first kappa shape index (κ1) is 16.3. The molecule has 0 aliphatic carbocycles. The van der Waals surface area contributed by atoms with Crippen molar-refractivity contribution in [2.75, 3.05) is 6.54 Å². The summed E-state index contributed by atoms with van der Waals surface area (Å²) >= 11 is 0. The van der Waals surface area contributed by atoms with Gasteiger partial charge in [0, 0.05) is 12.0 Å². The fraction of sp³-hybridized carbons (Fsp3) is 0.158. The molecular formula is C19H17NO3. The van der Waals surface area contributed by atoms with Gasteiger partial charge in [-0.15, -0.1) is 0 Å². The molecule has 116 valence electrons. The summed E-state index contributed by atoms with van der Waals surface area (Å²) in [4.78, 5) is 22.5. The number of carbonyl (C=O) groups is 2. The van der Waals surface area contributed by atoms with Crippen LogP contribution in [0.4, 0.5) is 0 Å². The second kappa shape index (κ2) is 8.40. The monoisotopic (exact) mass is 307 g/mol. The largest absolute Gasteiger partial charge is 0.478 e. The van der Waals surface area contributed by atoms with E-state index < -0.39 is 5.97 Å². The SMILES string of the molecule is O=C(CCc1ccc(C(=O)O)cc1)NCC#Cc1ccccc1. The van der Waals surface area contributed by atoms with E-state index in [9.17, 15) is 9.59 Å². The van der Waals surface area contributed by atoms with Crippen molar-refractivity contribution >= 4 is 11.9 Å². The van der Waals surface area contributed by atoms with E-state index in [1.165, 1.54) is 0 Å². The minimum Gasteiger partial charge on any atom is -0.478 e. The molecule has 0 heterocycles. The van der Waals surface area contributed by atoms with Crippen LogP contribution in [-0.4, -0.2) is 23.5 Å². The molecule has 0 aromatic heterocycles. The van der Waals surface area contributed by atoms with Crippen molar-refractivity contribution in [3.63, 3.8) is 0 Å². The molecule has 23 heavy (non-hydrogen) atoms. The molecule has 0 saturated heterocycles. The Balaban J connectivity index is 1.73. The topological polar surface area (TPSA) is 66.4 Å². The van der Waals surface area contributed by atoms with E-state index in [1.807, 2.05) is 30.3 Å². The predicted molar refractivity (Wildman–Crippen MR) is 88.1 cm³/mol. The third-order valence-corrected chi connectivity index (χ3v) is 3.22. The molecule has 0 spiro atoms. The Morgan fingerprint density at radius 3 is 2.35 bits per heavy atom. The van der Waals surface area contributed by atoms with Gasteiger partial charge >= 0.3 is 5.97 Å². The molecule has 2 aromatic rings. The first-order valence-electron chi connectivity index (χ1n) is 7.28. The minimum atomic E-state index is -0.953. The van der Waals surface area contributed by atoms with Crippen molar-refractivity contribution in [2.45, 2.75) is 12.8 Å². The second-order valence-electron chi connectivity index (χ2n) is 4.95. The maximum absolute atomic E-state index is 11.7. The summed E-state index contributed by atoms with van der Waals surface area (Å²) in [5.41, 5.74) is 2.09. The van der Waals surface area contributed by atoms with Gasteiger partial charge in [0.1, 0.15) is 0 Å². The first-order chi connectivity index (χ1) is 11.1. The summed E-state index contributed by atoms with van der Waals surface area (Å²) in [6.45, 7) is 0.311. The molecule has 0 radical (unpaired) electrons. The van der Waals surface area contributed by atoms with Gasteiger partial charge in [0.25, 0.3) is 0 Å². The number of benzene rings is 2. The highest BCUT2D eigenvalue weighted by atomic mass is 16.4. The van der Waals surface area contributed by atoms with Crippen LogP contribution in [0.5, 0.6) is 0 Å². The van der Waals surface area contributed by atoms with Crippen LogP contribution in [-0.2, 0) is 11.2 Å². The van der Waals surface area contributed by atoms with Crippen molar-refractivity contribution in [1.29, 1.82) is 0 Å². The van der Waals surface area contributed by atoms with Crippen molar-refractivity contribution in [3.8, 4) is 11.8 Å². The Labute approximate surface area is 135 Å². The molecule has 2 rings (SSSR count). The first-order valence-corrected chi connectivity index (χ1v) is 7.28. The van der Waals surface area contributed by atoms with Crippen LogP contribution >= 0.6 is 0 Å². The van der Waals surface area contributed by atoms with Crippen LogP contribution in [0.3, 0.4) is 0 Å². The summed E-state index contributed by atoms with van der Waals surface area (Å²) in [6, 6.07) is 16.1. The standard InChI is InChI=1S/C19H17NO3/c21-18(20-14-4-7-15-5-2-1-3-6-15)13-10-16-8-11-17(12-9-16)19(22)23/h1-3,5-6,8-9,11-12H,10,13-14H2,(H,20,21)(H,22,23). The molecule has 0 aliphatic rings. The van der Waals surface area contributed by atoms with E-state index in [2.05, 4.69) is 17.2 Å². The van der Waals surface area contributed by atoms with E-state index in [4.69, 9.17) is 5.11 Å². The number of hydrogen-bond acceptors (Lipinski definition) is 2. The number of nitrogens with one attached hydrogen (secondary N) is 1. The Morgan fingerprint density at radius 2 is 1.70 bits per heavy atom. The van der Waals surface area contributed by atoms with Gasteiger partial charge in [-0.2, -0.15) is 0 Å². The summed E-state index contributed by atoms with van der Waals surface area (Å²) < 4.78 is 0. The predicted octanol–water partition coefficient (Wildman–Crippen LogP) is 2.49. The Bertz CT molecular complexity index is 725. The van der Waals surface area contributed by atoms with Crippen LogP contribution in [0.2, 0.25) is 0 Å². The number of carboxylic acid groups (broad SMARTS) is 1. The van der Waals surface area contributed by atoms with Gasteiger partial charge in [0.15, 0.2) is 0 Å². The Kier molecular flexibility index (Phi) is 5.96. The third kappa shape index (κ3) is 5.68. The summed E-state index contributed by atoms with van der Waals surface area (Å²) in [7, 11) is 0. The molecule has 0 unspecified atom stereocenters. The Hall–Kier alpha value is -3.06. The van der Waals surface area contributed by atoms with Crippen molar-refractivity contribution < 1.29 is 14.7 Å². The number of amides is 1. The highest BCUT2D eigenvalue weighted by Crippen LogP contribution is 2.06. The lowest BCUT2D eigenvalue weighted by Gasteiger charge is -2.03. The highest BCUT2D eigenvalue weighted by molar-refractivity contribution is 5.87. The highest BCUT2D eigenvalue weighted by Gasteiger charge is 2.04. The van der Waals surface area contributed by atoms with Gasteiger partial charge in [-0.3, -0.25) is 4.79 Å². The van der Waals surface area contributed by atoms with Crippen molar-refractivity contribution in [1.82, 2.24) is 5.32 Å². The maximum Gasteiger partial charge on any atom is 0.335 e. The summed E-state index contributed by atoms with van der Waals surface area (Å²) in [5.74, 6) is 4.85. The zero-order valence-corrected chi connectivity index (χ0v) is 12.6. The number of rotatable bonds is 5. The van der Waals surface area contributed by atoms with Gasteiger partial charge in [-0.25, -0.2) is 4.79 Å². The van der Waals surface area contributed by atoms with E-state index in [0.29, 0.717) is 19.4 Å². The zero-order valence-electron chi connectivity index (χ0n) is 12.6. The van der Waals surface area contributed by atoms with Crippen molar-refractivity contribution in [3.05, 3.63) is 71.3 Å². The van der Waals surface area contributed by atoms with Gasteiger partial charge in [-0.1, -0.05) is 42.2 Å². The summed E-state index contributed by atoms with van der Waals surface area (Å²) in [5, 5.41) is 11.6. The molecule has 2 aromatic carbocycles. The number of aryl methyl sites for hydroxylation is 1. The smallest absolute Gasteiger partial charge is 0.335 e. The van der Waals surface area contributed by atoms with E-state index in [0.717, 1.165) is 11.1 Å². The van der Waals surface area contributed by atoms with Crippen molar-refractivity contribution in [2.24, 2.45) is 0 Å². The van der Waals surface area contributed by atoms with Crippen LogP contribution < -0.4 is 5.32 Å². The van der Waals surface area contributed by atoms with E-state index >= 15 is 0 Å². The molecule has 0 atom stereocenters. The maximum atomic E-state index is 11.7. The zero-order chi connectivity index (χ0) is 16.5. The van der Waals surface area contributed by atoms with E-state index in [-0.39, 0.29) is 11.5 Å². The normalized spacial score (nSPS) is 9.57. The minimum absolute atomic E-state index is 0.0744. The van der Waals surface area contributed by atoms with Gasteiger partial charge in [0.2, 0.25) is 5.91 Å². The molecule has 1 amide bonds. The molecule has 4 heteroatoms. The molecule has 0 aliphatic heterocycles. The molecular weight excluding hydrogens is 290 g/mol. The molecule has 0 fully saturated rings. The van der Waals surface area contributed by atoms with Crippen LogP contribution in [0.1, 0.15) is 27.9 Å². The fourth-order valence-corrected chi connectivity index (χ4v) is 1.97. The van der Waals surface area contributed by atoms with Crippen LogP contribution in [0, 0.1) is 11.8 Å². The lowest BCUT2D eigenvalue weighted by atomic mass is 10.1. The molecule has 4 nitrogen and oxygen atoms in total. The quantitative estimate of drug-likeness (QED) is 0.834. The Morgan fingerprint density at radius 1 is 1.00 bits per heavy atom. The number of aromatic carboxylic acids is 1. The second-order valence-corrected chi connectivity index (χ2v) is 4.95. The molecule has 0 saturated carbocycles. The third-order valence-electron chi connectivity index (χ3n) is 3.22. The lowest BCUT2D eigenvalue weighted by molar-refractivity contribution is -0.120. The molecule has 0 bridgehead atoms. The summed E-state index contributed by atoms with van der Waals surface area (Å²) in [6.07, 6.45) is 0.914. The number of carboxylic acids is 1. The number of hydrogen-bond donors (Lipinski definition) is 2. The number of carbonyl (C=O) groups excluding carboxylic acids is 1. The van der Waals surface area contributed by atoms with Gasteiger partial charge in [0.05, 0.1) is 12.1 Å². The average Bonchev–Trinajstić information content (AvgIpc) is 2.58. The fourth-order valence-electron chi connectivity index (χ4n) is 1.97. The van der Waals surface area contributed by atoms with E-state index in [1.54, 1.807) is 24.3 Å². The van der Waals surface area contributed by atoms with Gasteiger partial charge in [-0.05, 0) is 36.2 Å². The van der Waals surface area contributed by atoms with Crippen LogP contribution in [0.15, 0.2) is 54.6 Å².